The molecule has 53 heavy (non-hydrogen) atoms. The second-order valence-electron chi connectivity index (χ2n) is 15.3. The van der Waals surface area contributed by atoms with Crippen LogP contribution >= 0.6 is 0 Å². The molecule has 1 aromatic heterocycles. The van der Waals surface area contributed by atoms with Crippen LogP contribution in [0.1, 0.15) is 72.6 Å². The quantitative estimate of drug-likeness (QED) is 0.331. The molecular weight excluding hydrogens is 709 g/mol. The lowest BCUT2D eigenvalue weighted by atomic mass is 9.86. The highest BCUT2D eigenvalue weighted by atomic mass is 32.2. The Morgan fingerprint density at radius 3 is 2.57 bits per heavy atom. The van der Waals surface area contributed by atoms with E-state index in [1.54, 1.807) is 51.4 Å². The molecule has 7 atom stereocenters. The van der Waals surface area contributed by atoms with Crippen LogP contribution in [0.4, 0.5) is 9.18 Å². The van der Waals surface area contributed by atoms with Gasteiger partial charge in [0.25, 0.3) is 15.9 Å². The van der Waals surface area contributed by atoms with Crippen molar-refractivity contribution in [2.45, 2.75) is 107 Å². The molecule has 4 amide bonds. The summed E-state index contributed by atoms with van der Waals surface area (Å²) in [5, 5.41) is 12.0. The summed E-state index contributed by atoms with van der Waals surface area (Å²) in [4.78, 5) is 62.5. The van der Waals surface area contributed by atoms with Gasteiger partial charge in [-0.15, -0.1) is 0 Å². The van der Waals surface area contributed by atoms with Gasteiger partial charge in [0.15, 0.2) is 0 Å². The summed E-state index contributed by atoms with van der Waals surface area (Å²) in [5.74, 6) is -2.43. The third-order valence-electron chi connectivity index (χ3n) is 11.0. The maximum absolute atomic E-state index is 14.8. The molecule has 0 spiro atoms. The Labute approximate surface area is 308 Å². The average molecular weight is 758 g/mol. The van der Waals surface area contributed by atoms with Crippen molar-refractivity contribution in [3.8, 4) is 11.6 Å². The Morgan fingerprint density at radius 2 is 1.91 bits per heavy atom. The van der Waals surface area contributed by atoms with E-state index in [9.17, 15) is 37.1 Å². The van der Waals surface area contributed by atoms with Crippen molar-refractivity contribution in [1.29, 1.82) is 0 Å². The minimum Gasteiger partial charge on any atom is -0.497 e. The van der Waals surface area contributed by atoms with E-state index in [1.165, 1.54) is 4.90 Å². The van der Waals surface area contributed by atoms with E-state index in [2.05, 4.69) is 10.3 Å². The monoisotopic (exact) mass is 757 g/mol. The van der Waals surface area contributed by atoms with Crippen LogP contribution in [-0.4, -0.2) is 101 Å². The molecule has 2 aliphatic carbocycles. The zero-order chi connectivity index (χ0) is 38.5. The molecule has 2 saturated carbocycles. The van der Waals surface area contributed by atoms with E-state index in [0.29, 0.717) is 30.4 Å². The number of aromatic nitrogens is 1. The topological polar surface area (TPSA) is 185 Å². The van der Waals surface area contributed by atoms with Gasteiger partial charge in [0.05, 0.1) is 13.7 Å². The number of hydrogen-bond donors (Lipinski definition) is 3. The van der Waals surface area contributed by atoms with Crippen LogP contribution in [0.15, 0.2) is 42.6 Å². The highest BCUT2D eigenvalue weighted by molar-refractivity contribution is 7.91. The number of nitrogens with zero attached hydrogens (tertiary/aromatic N) is 3. The molecule has 2 aromatic rings. The van der Waals surface area contributed by atoms with Crippen LogP contribution in [0.25, 0.3) is 10.8 Å². The van der Waals surface area contributed by atoms with Crippen LogP contribution in [0.2, 0.25) is 0 Å². The van der Waals surface area contributed by atoms with Crippen molar-refractivity contribution in [2.24, 2.45) is 17.8 Å². The van der Waals surface area contributed by atoms with Crippen LogP contribution in [0.5, 0.6) is 11.6 Å². The third-order valence-corrected chi connectivity index (χ3v) is 12.8. The minimum absolute atomic E-state index is 0.0395. The molecule has 3 N–H and O–H groups in total. The van der Waals surface area contributed by atoms with Crippen molar-refractivity contribution in [1.82, 2.24) is 24.8 Å². The summed E-state index contributed by atoms with van der Waals surface area (Å²) >= 11 is 0. The van der Waals surface area contributed by atoms with Crippen molar-refractivity contribution in [3.05, 3.63) is 42.6 Å². The number of benzene rings is 1. The number of ether oxygens (including phenoxy) is 2. The van der Waals surface area contributed by atoms with Crippen molar-refractivity contribution >= 4 is 44.6 Å². The SMILES string of the molecule is COc1ccc2c(O[C@@H]3C[C@H]4C(=O)N[C@]5(C(=O)NS(=O)(=O)C6(F)CC6)C[C@H]5C=CCC[C@@H](C)C[C@@H](C)[C@H](N(C(=O)O)C(C)C)C(=O)N4C3)nccc2c1. The number of amides is 4. The number of fused-ring (bicyclic) bond motifs is 3. The van der Waals surface area contributed by atoms with Crippen LogP contribution in [0, 0.1) is 17.8 Å². The fraction of sp³-hybridized carbons (Fsp3) is 0.595. The van der Waals surface area contributed by atoms with Gasteiger partial charge >= 0.3 is 6.09 Å². The Kier molecular flexibility index (Phi) is 10.4. The number of carbonyl (C=O) groups is 4. The third kappa shape index (κ3) is 7.51. The van der Waals surface area contributed by atoms with Crippen LogP contribution in [0.3, 0.4) is 0 Å². The first kappa shape index (κ1) is 38.3. The van der Waals surface area contributed by atoms with E-state index in [4.69, 9.17) is 9.47 Å². The van der Waals surface area contributed by atoms with Gasteiger partial charge in [-0.25, -0.2) is 27.3 Å². The van der Waals surface area contributed by atoms with Gasteiger partial charge in [0, 0.05) is 42.8 Å². The van der Waals surface area contributed by atoms with Gasteiger partial charge in [-0.1, -0.05) is 26.0 Å². The summed E-state index contributed by atoms with van der Waals surface area (Å²) in [6, 6.07) is 4.19. The van der Waals surface area contributed by atoms with E-state index in [-0.39, 0.29) is 44.0 Å². The Hall–Kier alpha value is -4.47. The summed E-state index contributed by atoms with van der Waals surface area (Å²) in [6.07, 6.45) is 4.51. The van der Waals surface area contributed by atoms with E-state index in [0.717, 1.165) is 10.3 Å². The zero-order valence-electron chi connectivity index (χ0n) is 30.6. The smallest absolute Gasteiger partial charge is 0.408 e. The van der Waals surface area contributed by atoms with E-state index < -0.39 is 80.4 Å². The minimum atomic E-state index is -4.67. The van der Waals surface area contributed by atoms with Gasteiger partial charge in [-0.3, -0.25) is 19.3 Å². The Balaban J connectivity index is 1.38. The number of alkyl halides is 1. The molecule has 2 aliphatic heterocycles. The molecular formula is C37H48FN5O9S. The van der Waals surface area contributed by atoms with E-state index >= 15 is 0 Å². The molecule has 3 heterocycles. The maximum Gasteiger partial charge on any atom is 0.408 e. The molecule has 3 fully saturated rings. The van der Waals surface area contributed by atoms with E-state index in [1.807, 2.05) is 30.7 Å². The predicted octanol–water partition coefficient (Wildman–Crippen LogP) is 4.14. The second kappa shape index (κ2) is 14.4. The van der Waals surface area contributed by atoms with Gasteiger partial charge in [0.2, 0.25) is 22.7 Å². The first-order chi connectivity index (χ1) is 25.0. The normalized spacial score (nSPS) is 30.0. The van der Waals surface area contributed by atoms with Gasteiger partial charge in [0.1, 0.15) is 29.5 Å². The van der Waals surface area contributed by atoms with Crippen LogP contribution in [-0.2, 0) is 24.4 Å². The highest BCUT2D eigenvalue weighted by Crippen LogP contribution is 2.48. The number of carbonyl (C=O) groups excluding carboxylic acids is 3. The molecule has 0 unspecified atom stereocenters. The van der Waals surface area contributed by atoms with Gasteiger partial charge < -0.3 is 24.8 Å². The number of sulfonamides is 1. The zero-order valence-corrected chi connectivity index (χ0v) is 31.4. The average Bonchev–Trinajstić information content (AvgIpc) is 3.98. The van der Waals surface area contributed by atoms with Crippen LogP contribution < -0.4 is 19.5 Å². The Bertz CT molecular complexity index is 1920. The fourth-order valence-corrected chi connectivity index (χ4v) is 9.08. The molecule has 0 radical (unpaired) electrons. The number of halogens is 1. The predicted molar refractivity (Wildman–Crippen MR) is 192 cm³/mol. The Morgan fingerprint density at radius 1 is 1.17 bits per heavy atom. The number of pyridine rings is 1. The number of carboxylic acid groups (broad SMARTS) is 1. The molecule has 16 heteroatoms. The second-order valence-corrected chi connectivity index (χ2v) is 17.3. The molecule has 0 bridgehead atoms. The van der Waals surface area contributed by atoms with Crippen molar-refractivity contribution in [3.63, 3.8) is 0 Å². The molecule has 288 valence electrons. The summed E-state index contributed by atoms with van der Waals surface area (Å²) in [5.41, 5.74) is -1.71. The lowest BCUT2D eigenvalue weighted by Crippen LogP contribution is -2.60. The van der Waals surface area contributed by atoms with Gasteiger partial charge in [-0.2, -0.15) is 0 Å². The lowest BCUT2D eigenvalue weighted by molar-refractivity contribution is -0.145. The molecule has 1 aromatic carbocycles. The fourth-order valence-electron chi connectivity index (χ4n) is 7.83. The first-order valence-electron chi connectivity index (χ1n) is 18.2. The largest absolute Gasteiger partial charge is 0.497 e. The summed E-state index contributed by atoms with van der Waals surface area (Å²) in [6.45, 7) is 7.13. The van der Waals surface area contributed by atoms with Gasteiger partial charge in [-0.05, 0) is 81.0 Å². The molecule has 14 nitrogen and oxygen atoms in total. The number of methoxy groups -OCH3 is 1. The van der Waals surface area contributed by atoms with Crippen molar-refractivity contribution < 1.29 is 46.6 Å². The first-order valence-corrected chi connectivity index (χ1v) is 19.6. The number of rotatable bonds is 8. The number of nitrogens with one attached hydrogen (secondary N) is 2. The molecule has 6 rings (SSSR count). The number of allylic oxidation sites excluding steroid dienone is 1. The summed E-state index contributed by atoms with van der Waals surface area (Å²) < 4.78 is 53.9. The summed E-state index contributed by atoms with van der Waals surface area (Å²) in [7, 11) is -3.12. The maximum atomic E-state index is 14.8. The highest BCUT2D eigenvalue weighted by Gasteiger charge is 2.64. The molecule has 4 aliphatic rings. The standard InChI is InChI=1S/C37H48FN5O9S/c1-21(2)43(35(47)48)30-23(4)16-22(3)8-6-7-9-25-19-37(25,34(46)41-53(49,50)36(38)13-14-36)40-31(44)29-18-27(20-42(29)33(30)45)52-32-28-11-10-26(51-5)17-24(28)12-15-39-32/h7,9-12,15,17,21-23,25,27,29-30H,6,8,13-14,16,18-20H2,1-5H3,(H,40,44)(H,41,46)(H,47,48)/t22-,23-,25-,27-,29+,30+,37-/m1/s1. The van der Waals surface area contributed by atoms with Crippen molar-refractivity contribution in [2.75, 3.05) is 13.7 Å². The number of hydrogen-bond acceptors (Lipinski definition) is 9. The lowest BCUT2D eigenvalue weighted by Gasteiger charge is -2.39. The molecule has 1 saturated heterocycles.